The molecule has 0 aromatic heterocycles. The minimum atomic E-state index is -1.37. The van der Waals surface area contributed by atoms with Crippen molar-refractivity contribution in [3.8, 4) is 0 Å². The smallest absolute Gasteiger partial charge is 0.221 e. The van der Waals surface area contributed by atoms with Crippen molar-refractivity contribution < 1.29 is 25.2 Å². The van der Waals surface area contributed by atoms with Gasteiger partial charge in [0.15, 0.2) is 12.2 Å². The first-order chi connectivity index (χ1) is 5.63. The maximum atomic E-state index is 11.0. The summed E-state index contributed by atoms with van der Waals surface area (Å²) < 4.78 is 0.259. The molecule has 3 unspecified atom stereocenters. The number of hydrogen-bond acceptors (Lipinski definition) is 5. The van der Waals surface area contributed by atoms with E-state index >= 15 is 0 Å². The van der Waals surface area contributed by atoms with Gasteiger partial charge in [-0.15, -0.1) is 0 Å². The number of rotatable bonds is 2. The maximum Gasteiger partial charge on any atom is 0.221 e. The SMILES string of the molecule is [O-][N+]1=C(CO)C(O)C(O)C1CO. The van der Waals surface area contributed by atoms with Crippen molar-refractivity contribution in [2.45, 2.75) is 18.2 Å². The van der Waals surface area contributed by atoms with Gasteiger partial charge in [0.05, 0.1) is 0 Å². The normalized spacial score (nSPS) is 36.2. The number of nitrogens with zero attached hydrogens (tertiary/aromatic N) is 1. The standard InChI is InChI=1S/C6H11NO5/c8-1-3-5(10)6(11)4(2-9)7(3)12/h3,5-6,8-11H,1-2H2. The second kappa shape index (κ2) is 3.36. The minimum absolute atomic E-state index is 0.207. The van der Waals surface area contributed by atoms with Gasteiger partial charge < -0.3 is 25.6 Å². The van der Waals surface area contributed by atoms with Gasteiger partial charge in [0.1, 0.15) is 13.2 Å². The van der Waals surface area contributed by atoms with Crippen LogP contribution in [0.4, 0.5) is 0 Å². The first-order valence-electron chi connectivity index (χ1n) is 3.53. The lowest BCUT2D eigenvalue weighted by Gasteiger charge is -2.11. The summed E-state index contributed by atoms with van der Waals surface area (Å²) in [5.74, 6) is 0. The highest BCUT2D eigenvalue weighted by molar-refractivity contribution is 5.87. The number of hydroxylamine groups is 1. The molecule has 1 aliphatic heterocycles. The molecule has 1 rings (SSSR count). The maximum absolute atomic E-state index is 11.0. The van der Waals surface area contributed by atoms with Crippen molar-refractivity contribution >= 4 is 5.71 Å². The van der Waals surface area contributed by atoms with Crippen LogP contribution < -0.4 is 0 Å². The zero-order valence-electron chi connectivity index (χ0n) is 6.29. The van der Waals surface area contributed by atoms with Crippen LogP contribution in [-0.2, 0) is 0 Å². The van der Waals surface area contributed by atoms with Gasteiger partial charge in [-0.2, -0.15) is 0 Å². The van der Waals surface area contributed by atoms with Crippen LogP contribution in [0.25, 0.3) is 0 Å². The Labute approximate surface area is 68.6 Å². The molecule has 0 aromatic carbocycles. The van der Waals surface area contributed by atoms with Gasteiger partial charge in [-0.25, -0.2) is 4.74 Å². The molecule has 1 aliphatic rings. The summed E-state index contributed by atoms with van der Waals surface area (Å²) in [5, 5.41) is 46.5. The lowest BCUT2D eigenvalue weighted by atomic mass is 10.1. The summed E-state index contributed by atoms with van der Waals surface area (Å²) in [6.45, 7) is -1.16. The van der Waals surface area contributed by atoms with E-state index in [-0.39, 0.29) is 10.5 Å². The molecule has 0 spiro atoms. The predicted molar refractivity (Wildman–Crippen MR) is 38.6 cm³/mol. The Kier molecular flexibility index (Phi) is 2.63. The predicted octanol–water partition coefficient (Wildman–Crippen LogP) is -2.97. The lowest BCUT2D eigenvalue weighted by molar-refractivity contribution is -0.506. The van der Waals surface area contributed by atoms with Crippen LogP contribution >= 0.6 is 0 Å². The van der Waals surface area contributed by atoms with Crippen molar-refractivity contribution in [2.75, 3.05) is 13.2 Å². The molecule has 0 aliphatic carbocycles. The molecular formula is C6H11NO5. The van der Waals surface area contributed by atoms with Crippen LogP contribution in [0.2, 0.25) is 0 Å². The van der Waals surface area contributed by atoms with Gasteiger partial charge in [0.25, 0.3) is 0 Å². The summed E-state index contributed by atoms with van der Waals surface area (Å²) >= 11 is 0. The molecule has 0 amide bonds. The number of hydrogen-bond donors (Lipinski definition) is 4. The summed E-state index contributed by atoms with van der Waals surface area (Å²) in [5.41, 5.74) is -0.207. The molecular weight excluding hydrogens is 166 g/mol. The average molecular weight is 177 g/mol. The van der Waals surface area contributed by atoms with Crippen molar-refractivity contribution in [1.29, 1.82) is 0 Å². The number of aliphatic hydroxyl groups is 4. The topological polar surface area (TPSA) is 107 Å². The summed E-state index contributed by atoms with van der Waals surface area (Å²) in [6, 6.07) is -1.07. The zero-order valence-corrected chi connectivity index (χ0v) is 6.29. The Hall–Kier alpha value is -0.690. The molecule has 70 valence electrons. The molecule has 6 heteroatoms. The van der Waals surface area contributed by atoms with E-state index in [2.05, 4.69) is 0 Å². The molecule has 0 radical (unpaired) electrons. The van der Waals surface area contributed by atoms with Gasteiger partial charge in [-0.05, 0) is 0 Å². The molecule has 6 nitrogen and oxygen atoms in total. The molecule has 12 heavy (non-hydrogen) atoms. The second-order valence-electron chi connectivity index (χ2n) is 2.66. The molecule has 0 aromatic rings. The van der Waals surface area contributed by atoms with Crippen LogP contribution in [0.15, 0.2) is 0 Å². The molecule has 0 fully saturated rings. The van der Waals surface area contributed by atoms with Crippen molar-refractivity contribution in [2.24, 2.45) is 0 Å². The van der Waals surface area contributed by atoms with Gasteiger partial charge in [0.2, 0.25) is 11.8 Å². The Balaban J connectivity index is 2.89. The molecule has 1 heterocycles. The fourth-order valence-corrected chi connectivity index (χ4v) is 1.23. The number of aliphatic hydroxyl groups excluding tert-OH is 4. The first kappa shape index (κ1) is 9.40. The quantitative estimate of drug-likeness (QED) is 0.266. The third-order valence-electron chi connectivity index (χ3n) is 1.99. The monoisotopic (exact) mass is 177 g/mol. The van der Waals surface area contributed by atoms with Crippen molar-refractivity contribution in [3.05, 3.63) is 5.21 Å². The summed E-state index contributed by atoms with van der Waals surface area (Å²) in [6.07, 6.45) is -2.70. The highest BCUT2D eigenvalue weighted by Gasteiger charge is 2.45. The third-order valence-corrected chi connectivity index (χ3v) is 1.99. The fraction of sp³-hybridized carbons (Fsp3) is 0.833. The Bertz CT molecular complexity index is 204. The van der Waals surface area contributed by atoms with Crippen LogP contribution in [0.1, 0.15) is 0 Å². The average Bonchev–Trinajstić information content (AvgIpc) is 2.25. The molecule has 4 N–H and O–H groups in total. The van der Waals surface area contributed by atoms with E-state index in [0.717, 1.165) is 0 Å². The van der Waals surface area contributed by atoms with Crippen LogP contribution in [0.3, 0.4) is 0 Å². The first-order valence-corrected chi connectivity index (χ1v) is 3.53. The van der Waals surface area contributed by atoms with Crippen LogP contribution in [0, 0.1) is 5.21 Å². The van der Waals surface area contributed by atoms with E-state index in [1.54, 1.807) is 0 Å². The van der Waals surface area contributed by atoms with E-state index in [4.69, 9.17) is 20.4 Å². The van der Waals surface area contributed by atoms with E-state index < -0.39 is 31.5 Å². The Morgan fingerprint density at radius 3 is 2.17 bits per heavy atom. The molecule has 0 saturated carbocycles. The van der Waals surface area contributed by atoms with Crippen molar-refractivity contribution in [3.63, 3.8) is 0 Å². The highest BCUT2D eigenvalue weighted by Crippen LogP contribution is 2.13. The van der Waals surface area contributed by atoms with Gasteiger partial charge in [-0.1, -0.05) is 0 Å². The van der Waals surface area contributed by atoms with E-state index in [9.17, 15) is 5.21 Å². The van der Waals surface area contributed by atoms with Crippen LogP contribution in [0.5, 0.6) is 0 Å². The van der Waals surface area contributed by atoms with Crippen LogP contribution in [-0.4, -0.2) is 62.3 Å². The highest BCUT2D eigenvalue weighted by atomic mass is 16.5. The lowest BCUT2D eigenvalue weighted by Crippen LogP contribution is -2.37. The zero-order chi connectivity index (χ0) is 9.30. The van der Waals surface area contributed by atoms with Gasteiger partial charge >= 0.3 is 0 Å². The summed E-state index contributed by atoms with van der Waals surface area (Å²) in [7, 11) is 0. The van der Waals surface area contributed by atoms with E-state index in [1.165, 1.54) is 0 Å². The Morgan fingerprint density at radius 2 is 1.92 bits per heavy atom. The van der Waals surface area contributed by atoms with Gasteiger partial charge in [0, 0.05) is 0 Å². The fourth-order valence-electron chi connectivity index (χ4n) is 1.23. The molecule has 3 atom stereocenters. The minimum Gasteiger partial charge on any atom is -0.623 e. The van der Waals surface area contributed by atoms with E-state index in [1.807, 2.05) is 0 Å². The van der Waals surface area contributed by atoms with E-state index in [0.29, 0.717) is 0 Å². The second-order valence-corrected chi connectivity index (χ2v) is 2.66. The summed E-state index contributed by atoms with van der Waals surface area (Å²) in [4.78, 5) is 0. The molecule has 0 bridgehead atoms. The van der Waals surface area contributed by atoms with Gasteiger partial charge in [-0.3, -0.25) is 0 Å². The largest absolute Gasteiger partial charge is 0.623 e. The molecule has 0 saturated heterocycles. The Morgan fingerprint density at radius 1 is 1.33 bits per heavy atom. The van der Waals surface area contributed by atoms with Crippen molar-refractivity contribution in [1.82, 2.24) is 0 Å². The third kappa shape index (κ3) is 1.18.